The summed E-state index contributed by atoms with van der Waals surface area (Å²) in [6, 6.07) is 5.56. The molecule has 2 aromatic rings. The predicted molar refractivity (Wildman–Crippen MR) is 97.3 cm³/mol. The molecule has 2 heterocycles. The minimum atomic E-state index is -2.56. The van der Waals surface area contributed by atoms with Gasteiger partial charge >= 0.3 is 5.97 Å². The first kappa shape index (κ1) is 19.3. The molecule has 0 spiro atoms. The second-order valence-corrected chi connectivity index (χ2v) is 6.97. The van der Waals surface area contributed by atoms with Gasteiger partial charge in [0.1, 0.15) is 5.82 Å². The molecule has 6 nitrogen and oxygen atoms in total. The van der Waals surface area contributed by atoms with Crippen molar-refractivity contribution in [3.8, 4) is 5.82 Å². The first-order valence-electron chi connectivity index (χ1n) is 9.09. The monoisotopic (exact) mass is 378 g/mol. The zero-order valence-corrected chi connectivity index (χ0v) is 15.5. The maximum absolute atomic E-state index is 13.4. The molecule has 1 fully saturated rings. The van der Waals surface area contributed by atoms with E-state index in [2.05, 4.69) is 15.4 Å². The molecule has 1 N–H and O–H groups in total. The number of nitrogens with one attached hydrogen (secondary N) is 1. The average Bonchev–Trinajstić information content (AvgIpc) is 3.08. The third-order valence-corrected chi connectivity index (χ3v) is 4.74. The lowest BCUT2D eigenvalue weighted by atomic mass is 9.92. The summed E-state index contributed by atoms with van der Waals surface area (Å²) in [5.41, 5.74) is 1.77. The van der Waals surface area contributed by atoms with Crippen LogP contribution in [0, 0.1) is 6.92 Å². The molecule has 27 heavy (non-hydrogen) atoms. The van der Waals surface area contributed by atoms with E-state index in [1.165, 1.54) is 7.11 Å². The molecule has 146 valence electrons. The van der Waals surface area contributed by atoms with E-state index >= 15 is 0 Å². The van der Waals surface area contributed by atoms with E-state index in [1.807, 2.05) is 31.3 Å². The highest BCUT2D eigenvalue weighted by atomic mass is 19.3. The topological polar surface area (TPSA) is 69.0 Å². The van der Waals surface area contributed by atoms with Gasteiger partial charge in [-0.05, 0) is 49.9 Å². The highest BCUT2D eigenvalue weighted by molar-refractivity contribution is 5.69. The number of esters is 1. The lowest BCUT2D eigenvalue weighted by molar-refractivity contribution is -0.140. The minimum absolute atomic E-state index is 0.0415. The van der Waals surface area contributed by atoms with Gasteiger partial charge in [-0.25, -0.2) is 18.4 Å². The highest BCUT2D eigenvalue weighted by Gasteiger charge is 2.34. The number of aromatic nitrogens is 3. The van der Waals surface area contributed by atoms with Gasteiger partial charge in [0.05, 0.1) is 12.8 Å². The fourth-order valence-electron chi connectivity index (χ4n) is 3.19. The van der Waals surface area contributed by atoms with Crippen LogP contribution in [0.1, 0.15) is 43.4 Å². The van der Waals surface area contributed by atoms with Gasteiger partial charge in [-0.1, -0.05) is 0 Å². The highest BCUT2D eigenvalue weighted by Crippen LogP contribution is 2.34. The van der Waals surface area contributed by atoms with E-state index in [1.54, 1.807) is 4.68 Å². The molecular formula is C19H24F2N4O2. The molecule has 0 radical (unpaired) electrons. The fourth-order valence-corrected chi connectivity index (χ4v) is 3.19. The zero-order valence-electron chi connectivity index (χ0n) is 15.5. The van der Waals surface area contributed by atoms with Crippen LogP contribution < -0.4 is 5.32 Å². The van der Waals surface area contributed by atoms with Crippen molar-refractivity contribution in [1.29, 1.82) is 0 Å². The summed E-state index contributed by atoms with van der Waals surface area (Å²) in [6.45, 7) is 1.89. The van der Waals surface area contributed by atoms with Crippen molar-refractivity contribution in [2.75, 3.05) is 12.4 Å². The van der Waals surface area contributed by atoms with Crippen LogP contribution in [0.4, 0.5) is 14.6 Å². The molecule has 2 aromatic heterocycles. The summed E-state index contributed by atoms with van der Waals surface area (Å²) in [6.07, 6.45) is 3.14. The van der Waals surface area contributed by atoms with E-state index in [0.717, 1.165) is 11.3 Å². The summed E-state index contributed by atoms with van der Waals surface area (Å²) in [7, 11) is 1.36. The van der Waals surface area contributed by atoms with Crippen LogP contribution in [0.15, 0.2) is 24.4 Å². The molecule has 0 amide bonds. The van der Waals surface area contributed by atoms with Crippen LogP contribution in [0.25, 0.3) is 5.82 Å². The Balaban J connectivity index is 1.80. The number of nitrogens with zero attached hydrogens (tertiary/aromatic N) is 3. The lowest BCUT2D eigenvalue weighted by Gasteiger charge is -2.29. The first-order chi connectivity index (χ1) is 12.8. The van der Waals surface area contributed by atoms with Gasteiger partial charge < -0.3 is 10.1 Å². The molecule has 8 heteroatoms. The molecule has 0 bridgehead atoms. The quantitative estimate of drug-likeness (QED) is 0.777. The SMILES string of the molecule is COC(=O)CCc1cc(NC2CCC(F)(F)CC2)nc(-n2ccc(C)n2)c1. The zero-order chi connectivity index (χ0) is 19.4. The normalized spacial score (nSPS) is 16.9. The van der Waals surface area contributed by atoms with Crippen LogP contribution in [0.3, 0.4) is 0 Å². The van der Waals surface area contributed by atoms with Crippen molar-refractivity contribution in [2.24, 2.45) is 0 Å². The largest absolute Gasteiger partial charge is 0.469 e. The molecule has 3 rings (SSSR count). The number of ether oxygens (including phenoxy) is 1. The molecule has 0 saturated heterocycles. The van der Waals surface area contributed by atoms with E-state index in [0.29, 0.717) is 30.9 Å². The molecule has 1 aliphatic rings. The second kappa shape index (κ2) is 8.02. The first-order valence-corrected chi connectivity index (χ1v) is 9.09. The van der Waals surface area contributed by atoms with Gasteiger partial charge in [-0.3, -0.25) is 4.79 Å². The molecule has 0 atom stereocenters. The number of halogens is 2. The summed E-state index contributed by atoms with van der Waals surface area (Å²) in [5, 5.41) is 7.65. The Labute approximate surface area is 156 Å². The Morgan fingerprint density at radius 1 is 1.37 bits per heavy atom. The number of hydrogen-bond donors (Lipinski definition) is 1. The Hall–Kier alpha value is -2.51. The van der Waals surface area contributed by atoms with Crippen molar-refractivity contribution < 1.29 is 18.3 Å². The van der Waals surface area contributed by atoms with Crippen LogP contribution in [-0.4, -0.2) is 39.8 Å². The third-order valence-electron chi connectivity index (χ3n) is 4.74. The fraction of sp³-hybridized carbons (Fsp3) is 0.526. The van der Waals surface area contributed by atoms with E-state index in [9.17, 15) is 13.6 Å². The number of anilines is 1. The number of rotatable bonds is 6. The van der Waals surface area contributed by atoms with E-state index in [4.69, 9.17) is 4.74 Å². The van der Waals surface area contributed by atoms with Crippen LogP contribution in [0.5, 0.6) is 0 Å². The number of methoxy groups -OCH3 is 1. The van der Waals surface area contributed by atoms with E-state index < -0.39 is 5.92 Å². The number of hydrogen-bond acceptors (Lipinski definition) is 5. The average molecular weight is 378 g/mol. The maximum Gasteiger partial charge on any atom is 0.305 e. The summed E-state index contributed by atoms with van der Waals surface area (Å²) >= 11 is 0. The molecule has 1 saturated carbocycles. The number of alkyl halides is 2. The molecule has 0 aromatic carbocycles. The summed E-state index contributed by atoms with van der Waals surface area (Å²) in [4.78, 5) is 16.0. The standard InChI is InChI=1S/C19H24F2N4O2/c1-13-7-10-25(24-13)17-12-14(3-4-18(26)27-2)11-16(23-17)22-15-5-8-19(20,21)9-6-15/h7,10-12,15H,3-6,8-9H2,1-2H3,(H,22,23). The second-order valence-electron chi connectivity index (χ2n) is 6.97. The number of aryl methyl sites for hydroxylation is 2. The molecule has 0 unspecified atom stereocenters. The van der Waals surface area contributed by atoms with Crippen molar-refractivity contribution in [3.05, 3.63) is 35.7 Å². The molecule has 0 aliphatic heterocycles. The van der Waals surface area contributed by atoms with E-state index in [-0.39, 0.29) is 31.3 Å². The third kappa shape index (κ3) is 5.24. The van der Waals surface area contributed by atoms with Crippen LogP contribution in [0.2, 0.25) is 0 Å². The number of pyridine rings is 1. The molecule has 1 aliphatic carbocycles. The van der Waals surface area contributed by atoms with Crippen molar-refractivity contribution in [3.63, 3.8) is 0 Å². The Kier molecular flexibility index (Phi) is 5.72. The minimum Gasteiger partial charge on any atom is -0.469 e. The Morgan fingerprint density at radius 3 is 2.74 bits per heavy atom. The summed E-state index contributed by atoms with van der Waals surface area (Å²) in [5.74, 6) is -1.62. The maximum atomic E-state index is 13.4. The van der Waals surface area contributed by atoms with Gasteiger partial charge in [-0.15, -0.1) is 0 Å². The van der Waals surface area contributed by atoms with Crippen LogP contribution >= 0.6 is 0 Å². The van der Waals surface area contributed by atoms with Crippen molar-refractivity contribution >= 4 is 11.8 Å². The van der Waals surface area contributed by atoms with Gasteiger partial charge in [-0.2, -0.15) is 5.10 Å². The van der Waals surface area contributed by atoms with Gasteiger partial charge in [0, 0.05) is 31.5 Å². The Bertz CT molecular complexity index is 797. The van der Waals surface area contributed by atoms with Crippen molar-refractivity contribution in [2.45, 2.75) is 57.4 Å². The van der Waals surface area contributed by atoms with Gasteiger partial charge in [0.2, 0.25) is 5.92 Å². The van der Waals surface area contributed by atoms with Gasteiger partial charge in [0.15, 0.2) is 5.82 Å². The predicted octanol–water partition coefficient (Wildman–Crippen LogP) is 3.67. The number of carbonyl (C=O) groups is 1. The lowest BCUT2D eigenvalue weighted by Crippen LogP contribution is -2.32. The Morgan fingerprint density at radius 2 is 2.11 bits per heavy atom. The smallest absolute Gasteiger partial charge is 0.305 e. The number of carbonyl (C=O) groups excluding carboxylic acids is 1. The summed E-state index contributed by atoms with van der Waals surface area (Å²) < 4.78 is 33.1. The van der Waals surface area contributed by atoms with Crippen LogP contribution in [-0.2, 0) is 16.0 Å². The molecular weight excluding hydrogens is 354 g/mol. The van der Waals surface area contributed by atoms with Gasteiger partial charge in [0.25, 0.3) is 0 Å². The van der Waals surface area contributed by atoms with Crippen molar-refractivity contribution in [1.82, 2.24) is 14.8 Å².